The fourth-order valence-electron chi connectivity index (χ4n) is 6.81. The molecule has 86 heavy (non-hydrogen) atoms. The zero-order valence-corrected chi connectivity index (χ0v) is 47.7. The molecule has 0 aliphatic heterocycles. The molecule has 0 bridgehead atoms. The van der Waals surface area contributed by atoms with Gasteiger partial charge in [0.1, 0.15) is 23.9 Å². The second kappa shape index (κ2) is 44.0. The molecule has 3 aromatic heterocycles. The second-order valence-corrected chi connectivity index (χ2v) is 17.5. The highest BCUT2D eigenvalue weighted by Crippen LogP contribution is 2.25. The Balaban J connectivity index is 0.953. The molecule has 2 aromatic carbocycles. The normalized spacial score (nSPS) is 10.9. The Morgan fingerprint density at radius 1 is 0.337 bits per heavy atom. The number of carbonyl (C=O) groups is 6. The first-order chi connectivity index (χ1) is 42.2. The van der Waals surface area contributed by atoms with Crippen LogP contribution >= 0.6 is 0 Å². The Labute approximate surface area is 498 Å². The van der Waals surface area contributed by atoms with Crippen LogP contribution in [0.5, 0.6) is 17.2 Å². The van der Waals surface area contributed by atoms with Gasteiger partial charge in [-0.25, -0.2) is 19.2 Å². The van der Waals surface area contributed by atoms with Crippen LogP contribution in [-0.4, -0.2) is 209 Å². The van der Waals surface area contributed by atoms with Crippen LogP contribution in [0.4, 0.5) is 14.4 Å². The molecule has 5 N–H and O–H groups in total. The van der Waals surface area contributed by atoms with E-state index in [2.05, 4.69) is 41.5 Å². The number of benzene rings is 2. The molecule has 0 saturated heterocycles. The summed E-state index contributed by atoms with van der Waals surface area (Å²) in [5.41, 5.74) is 2.54. The number of hydrogen-bond acceptors (Lipinski definition) is 22. The molecule has 0 aliphatic carbocycles. The quantitative estimate of drug-likeness (QED) is 0.0208. The van der Waals surface area contributed by atoms with Gasteiger partial charge in [0.25, 0.3) is 11.8 Å². The maximum atomic E-state index is 12.8. The second-order valence-electron chi connectivity index (χ2n) is 17.5. The van der Waals surface area contributed by atoms with Gasteiger partial charge in [0.2, 0.25) is 0 Å². The number of esters is 1. The van der Waals surface area contributed by atoms with E-state index in [1.54, 1.807) is 104 Å². The van der Waals surface area contributed by atoms with Crippen LogP contribution in [0.2, 0.25) is 0 Å². The van der Waals surface area contributed by atoms with Crippen molar-refractivity contribution in [1.82, 2.24) is 41.5 Å². The molecule has 0 spiro atoms. The lowest BCUT2D eigenvalue weighted by atomic mass is 10.1. The SMILES string of the molecule is O=C(NCCOCCOCCOCCNC(=O)c1cccnc1)Oc1ccc(/C=C/c2cc(OC(=O)NCCOCCOCCOCCNC(=O)c3cccnc3)cc(OC(=O)NCCOCCOCCOCCOC(=O)c3cccnc3)c2)cc1. The highest BCUT2D eigenvalue weighted by Gasteiger charge is 2.13. The number of nitrogens with zero attached hydrogens (tertiary/aromatic N) is 3. The number of carbonyl (C=O) groups excluding carboxylic acids is 6. The van der Waals surface area contributed by atoms with E-state index < -0.39 is 24.2 Å². The van der Waals surface area contributed by atoms with Crippen molar-refractivity contribution < 1.29 is 90.3 Å². The zero-order valence-electron chi connectivity index (χ0n) is 47.7. The molecule has 0 radical (unpaired) electrons. The smallest absolute Gasteiger partial charge is 0.412 e. The average molecular weight is 1200 g/mol. The van der Waals surface area contributed by atoms with Gasteiger partial charge < -0.3 is 88.2 Å². The van der Waals surface area contributed by atoms with E-state index in [0.717, 1.165) is 5.56 Å². The third-order valence-electron chi connectivity index (χ3n) is 10.9. The molecule has 0 atom stereocenters. The van der Waals surface area contributed by atoms with Crippen molar-refractivity contribution in [3.8, 4) is 17.2 Å². The number of rotatable bonds is 44. The van der Waals surface area contributed by atoms with E-state index >= 15 is 0 Å². The van der Waals surface area contributed by atoms with Crippen LogP contribution in [0, 0.1) is 0 Å². The maximum absolute atomic E-state index is 12.8. The van der Waals surface area contributed by atoms with Gasteiger partial charge in [-0.15, -0.1) is 0 Å². The summed E-state index contributed by atoms with van der Waals surface area (Å²) in [5.74, 6) is -0.481. The first kappa shape index (κ1) is 68.3. The minimum Gasteiger partial charge on any atom is -0.460 e. The largest absolute Gasteiger partial charge is 0.460 e. The van der Waals surface area contributed by atoms with Gasteiger partial charge in [-0.1, -0.05) is 24.3 Å². The molecule has 464 valence electrons. The lowest BCUT2D eigenvalue weighted by molar-refractivity contribution is 0.000948. The average Bonchev–Trinajstić information content (AvgIpc) is 3.67. The molecule has 0 fully saturated rings. The van der Waals surface area contributed by atoms with Crippen molar-refractivity contribution >= 4 is 48.2 Å². The van der Waals surface area contributed by atoms with E-state index in [4.69, 9.17) is 61.6 Å². The third-order valence-corrected chi connectivity index (χ3v) is 10.9. The Morgan fingerprint density at radius 3 is 1.03 bits per heavy atom. The van der Waals surface area contributed by atoms with Gasteiger partial charge in [-0.3, -0.25) is 24.5 Å². The van der Waals surface area contributed by atoms with E-state index in [-0.39, 0.29) is 95.8 Å². The Morgan fingerprint density at radius 2 is 0.663 bits per heavy atom. The molecule has 27 nitrogen and oxygen atoms in total. The third kappa shape index (κ3) is 32.0. The first-order valence-corrected chi connectivity index (χ1v) is 27.7. The fourth-order valence-corrected chi connectivity index (χ4v) is 6.81. The van der Waals surface area contributed by atoms with Crippen LogP contribution in [0.3, 0.4) is 0 Å². The Kier molecular flexibility index (Phi) is 35.0. The van der Waals surface area contributed by atoms with Crippen LogP contribution in [0.25, 0.3) is 12.2 Å². The molecule has 5 amide bonds. The first-order valence-electron chi connectivity index (χ1n) is 27.7. The summed E-state index contributed by atoms with van der Waals surface area (Å²) >= 11 is 0. The number of pyridine rings is 3. The highest BCUT2D eigenvalue weighted by molar-refractivity contribution is 5.94. The van der Waals surface area contributed by atoms with Crippen LogP contribution < -0.4 is 40.8 Å². The topological polar surface area (TPSA) is 321 Å². The maximum Gasteiger partial charge on any atom is 0.412 e. The molecule has 0 unspecified atom stereocenters. The van der Waals surface area contributed by atoms with Gasteiger partial charge in [0.05, 0.1) is 136 Å². The van der Waals surface area contributed by atoms with E-state index in [1.165, 1.54) is 24.7 Å². The Hall–Kier alpha value is -8.51. The van der Waals surface area contributed by atoms with E-state index in [9.17, 15) is 28.8 Å². The number of aromatic nitrogens is 3. The minimum absolute atomic E-state index is 0.0743. The fraction of sp³-hybridized carbons (Fsp3) is 0.407. The summed E-state index contributed by atoms with van der Waals surface area (Å²) in [5, 5.41) is 13.4. The van der Waals surface area contributed by atoms with Gasteiger partial charge in [0, 0.05) is 76.0 Å². The van der Waals surface area contributed by atoms with Crippen molar-refractivity contribution in [2.45, 2.75) is 0 Å². The molecular formula is C59H74N8O19. The number of hydrogen-bond donors (Lipinski definition) is 5. The zero-order chi connectivity index (χ0) is 60.8. The Bertz CT molecular complexity index is 2630. The predicted molar refractivity (Wildman–Crippen MR) is 309 cm³/mol. The van der Waals surface area contributed by atoms with Gasteiger partial charge in [-0.05, 0) is 71.8 Å². The van der Waals surface area contributed by atoms with Crippen LogP contribution in [0.1, 0.15) is 42.2 Å². The molecule has 3 heterocycles. The molecule has 5 rings (SSSR count). The van der Waals surface area contributed by atoms with Gasteiger partial charge in [0.15, 0.2) is 0 Å². The summed E-state index contributed by atoms with van der Waals surface area (Å²) in [6.45, 7) is 6.39. The van der Waals surface area contributed by atoms with Crippen molar-refractivity contribution in [3.63, 3.8) is 0 Å². The lowest BCUT2D eigenvalue weighted by Gasteiger charge is -2.11. The standard InChI is InChI=1S/C59H74N8O19/c68-54(48-4-1-13-60-43-48)63-16-21-74-26-31-79-33-28-76-23-18-65-57(71)84-51-11-9-46(10-12-51)7-8-47-40-52(85-58(72)66-19-24-77-29-34-80-32-27-75-22-17-64-55(69)49-5-2-14-61-44-49)42-53(41-47)86-59(73)67-20-25-78-30-35-81-36-37-82-38-39-83-56(70)50-6-3-15-62-45-50/h1-15,40-45H,16-39H2,(H,63,68)(H,64,69)(H,65,71)(H,66,72)(H,67,73)/b8-7+. The summed E-state index contributed by atoms with van der Waals surface area (Å²) in [7, 11) is 0. The number of nitrogens with one attached hydrogen (secondary N) is 5. The lowest BCUT2D eigenvalue weighted by Crippen LogP contribution is -2.31. The molecule has 0 aliphatic rings. The van der Waals surface area contributed by atoms with Crippen molar-refractivity contribution in [2.75, 3.05) is 158 Å². The van der Waals surface area contributed by atoms with E-state index in [1.807, 2.05) is 0 Å². The van der Waals surface area contributed by atoms with Gasteiger partial charge >= 0.3 is 24.2 Å². The van der Waals surface area contributed by atoms with Crippen LogP contribution in [-0.2, 0) is 47.4 Å². The molecular weight excluding hydrogens is 1120 g/mol. The number of ether oxygens (including phenoxy) is 13. The summed E-state index contributed by atoms with van der Waals surface area (Å²) in [6, 6.07) is 21.2. The molecule has 0 saturated carbocycles. The minimum atomic E-state index is -0.782. The molecule has 27 heteroatoms. The van der Waals surface area contributed by atoms with Crippen LogP contribution in [0.15, 0.2) is 116 Å². The van der Waals surface area contributed by atoms with Crippen molar-refractivity contribution in [3.05, 3.63) is 144 Å². The van der Waals surface area contributed by atoms with Crippen molar-refractivity contribution in [2.24, 2.45) is 0 Å². The summed E-state index contributed by atoms with van der Waals surface area (Å²) in [4.78, 5) is 85.8. The van der Waals surface area contributed by atoms with Crippen molar-refractivity contribution in [1.29, 1.82) is 0 Å². The summed E-state index contributed by atoms with van der Waals surface area (Å²) < 4.78 is 71.1. The van der Waals surface area contributed by atoms with Gasteiger partial charge in [-0.2, -0.15) is 0 Å². The van der Waals surface area contributed by atoms with E-state index in [0.29, 0.717) is 114 Å². The number of amides is 5. The monoisotopic (exact) mass is 1200 g/mol. The predicted octanol–water partition coefficient (Wildman–Crippen LogP) is 4.17. The summed E-state index contributed by atoms with van der Waals surface area (Å²) in [6.07, 6.45) is 10.4. The highest BCUT2D eigenvalue weighted by atomic mass is 16.6. The molecule has 5 aromatic rings.